The fraction of sp³-hybridized carbons (Fsp3) is 0.500. The monoisotopic (exact) mass is 687 g/mol. The standard InChI is InChI=1S/C38H49N5O7/c1-25(2)42(18-11-10-14-32(44)47-23-26-12-8-7-9-13-26)22-31-33-34(50-38(3,4)49-33)37(48-31)43-19-17-29-35(40-24-41-36(29)43)39-21-27-15-16-28(45-5)20-30(27)46-6/h7-9,12-13,15-17,19-20,24-25,31,33-34,37H,10-11,14,18,21-23H2,1-6H3,(H,39,40,41)/t31-,33-,34-,37-/m1/s1. The van der Waals surface area contributed by atoms with Crippen molar-refractivity contribution in [2.24, 2.45) is 0 Å². The maximum Gasteiger partial charge on any atom is 0.306 e. The Hall–Kier alpha value is -4.23. The molecule has 0 saturated carbocycles. The van der Waals surface area contributed by atoms with Gasteiger partial charge in [0.2, 0.25) is 0 Å². The SMILES string of the molecule is COc1ccc(CNc2ncnc3c2ccn3[C@@H]2O[C@H](CN(CCCCC(=O)OCc3ccccc3)C(C)C)[C@H]3OC(C)(C)O[C@H]32)c(OC)c1. The van der Waals surface area contributed by atoms with Crippen LogP contribution in [-0.2, 0) is 36.9 Å². The number of methoxy groups -OCH3 is 2. The van der Waals surface area contributed by atoms with Gasteiger partial charge in [0, 0.05) is 43.4 Å². The van der Waals surface area contributed by atoms with Gasteiger partial charge < -0.3 is 38.3 Å². The smallest absolute Gasteiger partial charge is 0.306 e. The van der Waals surface area contributed by atoms with E-state index in [9.17, 15) is 4.79 Å². The number of carbonyl (C=O) groups excluding carboxylic acids is 1. The van der Waals surface area contributed by atoms with Gasteiger partial charge in [-0.25, -0.2) is 9.97 Å². The summed E-state index contributed by atoms with van der Waals surface area (Å²) in [5.41, 5.74) is 2.70. The quantitative estimate of drug-likeness (QED) is 0.109. The van der Waals surface area contributed by atoms with Crippen LogP contribution in [0.2, 0.25) is 0 Å². The van der Waals surface area contributed by atoms with Crippen molar-refractivity contribution in [3.05, 3.63) is 78.2 Å². The van der Waals surface area contributed by atoms with Gasteiger partial charge in [-0.1, -0.05) is 30.3 Å². The number of ether oxygens (including phenoxy) is 6. The molecule has 2 aromatic carbocycles. The molecule has 0 unspecified atom stereocenters. The topological polar surface area (TPSA) is 118 Å². The molecule has 1 N–H and O–H groups in total. The molecule has 0 radical (unpaired) electrons. The molecule has 2 aromatic heterocycles. The first-order valence-electron chi connectivity index (χ1n) is 17.4. The van der Waals surface area contributed by atoms with E-state index >= 15 is 0 Å². The summed E-state index contributed by atoms with van der Waals surface area (Å²) in [7, 11) is 3.28. The van der Waals surface area contributed by atoms with Gasteiger partial charge in [0.15, 0.2) is 12.0 Å². The molecule has 4 aromatic rings. The third kappa shape index (κ3) is 8.21. The molecule has 4 atom stereocenters. The fourth-order valence-corrected chi connectivity index (χ4v) is 6.71. The number of hydrogen-bond donors (Lipinski definition) is 1. The predicted molar refractivity (Wildman–Crippen MR) is 189 cm³/mol. The number of aromatic nitrogens is 3. The van der Waals surface area contributed by atoms with Crippen LogP contribution in [0.25, 0.3) is 11.0 Å². The Morgan fingerprint density at radius 1 is 1.02 bits per heavy atom. The van der Waals surface area contributed by atoms with Gasteiger partial charge in [0.25, 0.3) is 0 Å². The molecule has 0 aliphatic carbocycles. The molecule has 12 nitrogen and oxygen atoms in total. The lowest BCUT2D eigenvalue weighted by Gasteiger charge is -2.31. The second-order valence-electron chi connectivity index (χ2n) is 13.5. The zero-order chi connectivity index (χ0) is 35.3. The lowest BCUT2D eigenvalue weighted by atomic mass is 10.1. The molecule has 2 aliphatic heterocycles. The molecule has 0 spiro atoms. The van der Waals surface area contributed by atoms with E-state index in [1.165, 1.54) is 0 Å². The largest absolute Gasteiger partial charge is 0.497 e. The molecule has 12 heteroatoms. The Bertz CT molecular complexity index is 1730. The van der Waals surface area contributed by atoms with Crippen molar-refractivity contribution in [2.75, 3.05) is 32.6 Å². The number of rotatable bonds is 16. The Morgan fingerprint density at radius 2 is 1.82 bits per heavy atom. The van der Waals surface area contributed by atoms with E-state index in [2.05, 4.69) is 34.0 Å². The molecule has 50 heavy (non-hydrogen) atoms. The van der Waals surface area contributed by atoms with Crippen LogP contribution in [0, 0.1) is 0 Å². The third-order valence-corrected chi connectivity index (χ3v) is 9.31. The first-order chi connectivity index (χ1) is 24.2. The summed E-state index contributed by atoms with van der Waals surface area (Å²) in [5.74, 6) is 1.25. The number of unbranched alkanes of at least 4 members (excludes halogenated alkanes) is 1. The highest BCUT2D eigenvalue weighted by Gasteiger charge is 2.56. The second-order valence-corrected chi connectivity index (χ2v) is 13.5. The van der Waals surface area contributed by atoms with Gasteiger partial charge >= 0.3 is 5.97 Å². The number of hydrogen-bond acceptors (Lipinski definition) is 11. The van der Waals surface area contributed by atoms with Crippen molar-refractivity contribution >= 4 is 22.8 Å². The molecule has 0 bridgehead atoms. The van der Waals surface area contributed by atoms with Crippen molar-refractivity contribution in [2.45, 2.75) is 96.5 Å². The summed E-state index contributed by atoms with van der Waals surface area (Å²) in [4.78, 5) is 24.0. The van der Waals surface area contributed by atoms with Gasteiger partial charge in [0.05, 0.1) is 19.6 Å². The van der Waals surface area contributed by atoms with Crippen molar-refractivity contribution in [1.29, 1.82) is 0 Å². The number of anilines is 1. The zero-order valence-corrected chi connectivity index (χ0v) is 29.8. The molecule has 2 aliphatic rings. The van der Waals surface area contributed by atoms with Gasteiger partial charge in [-0.3, -0.25) is 9.69 Å². The number of benzene rings is 2. The molecule has 0 amide bonds. The normalized spacial score (nSPS) is 21.1. The van der Waals surface area contributed by atoms with E-state index in [4.69, 9.17) is 28.4 Å². The van der Waals surface area contributed by atoms with Crippen molar-refractivity contribution in [3.63, 3.8) is 0 Å². The van der Waals surface area contributed by atoms with Gasteiger partial charge in [0.1, 0.15) is 54.2 Å². The van der Waals surface area contributed by atoms with Crippen molar-refractivity contribution in [1.82, 2.24) is 19.4 Å². The minimum atomic E-state index is -0.750. The maximum absolute atomic E-state index is 12.4. The zero-order valence-electron chi connectivity index (χ0n) is 29.8. The second kappa shape index (κ2) is 15.8. The van der Waals surface area contributed by atoms with E-state index in [1.807, 2.05) is 79.2 Å². The summed E-state index contributed by atoms with van der Waals surface area (Å²) >= 11 is 0. The number of nitrogens with one attached hydrogen (secondary N) is 1. The van der Waals surface area contributed by atoms with Crippen LogP contribution in [0.3, 0.4) is 0 Å². The minimum Gasteiger partial charge on any atom is -0.497 e. The number of fused-ring (bicyclic) bond motifs is 2. The first-order valence-corrected chi connectivity index (χ1v) is 17.4. The van der Waals surface area contributed by atoms with Crippen molar-refractivity contribution in [3.8, 4) is 11.5 Å². The van der Waals surface area contributed by atoms with Crippen LogP contribution in [0.5, 0.6) is 11.5 Å². The average molecular weight is 688 g/mol. The Labute approximate surface area is 294 Å². The van der Waals surface area contributed by atoms with Gasteiger partial charge in [-0.2, -0.15) is 0 Å². The third-order valence-electron chi connectivity index (χ3n) is 9.31. The molecule has 4 heterocycles. The molecular weight excluding hydrogens is 638 g/mol. The molecular formula is C38H49N5O7. The number of nitrogens with zero attached hydrogens (tertiary/aromatic N) is 4. The molecule has 2 fully saturated rings. The first kappa shape index (κ1) is 35.6. The van der Waals surface area contributed by atoms with Crippen LogP contribution in [0.15, 0.2) is 67.1 Å². The number of carbonyl (C=O) groups is 1. The van der Waals surface area contributed by atoms with Crippen LogP contribution in [-0.4, -0.2) is 82.9 Å². The lowest BCUT2D eigenvalue weighted by molar-refractivity contribution is -0.198. The maximum atomic E-state index is 12.4. The van der Waals surface area contributed by atoms with Crippen LogP contribution in [0.4, 0.5) is 5.82 Å². The van der Waals surface area contributed by atoms with Crippen LogP contribution < -0.4 is 14.8 Å². The average Bonchev–Trinajstić information content (AvgIpc) is 3.78. The summed E-state index contributed by atoms with van der Waals surface area (Å²) in [6.45, 7) is 10.5. The number of esters is 1. The van der Waals surface area contributed by atoms with Gasteiger partial charge in [-0.15, -0.1) is 0 Å². The van der Waals surface area contributed by atoms with E-state index in [1.54, 1.807) is 20.5 Å². The highest BCUT2D eigenvalue weighted by Crippen LogP contribution is 2.44. The fourth-order valence-electron chi connectivity index (χ4n) is 6.71. The predicted octanol–water partition coefficient (Wildman–Crippen LogP) is 6.10. The lowest BCUT2D eigenvalue weighted by Crippen LogP contribution is -2.43. The Morgan fingerprint density at radius 3 is 2.58 bits per heavy atom. The Balaban J connectivity index is 1.10. The summed E-state index contributed by atoms with van der Waals surface area (Å²) in [6, 6.07) is 17.8. The summed E-state index contributed by atoms with van der Waals surface area (Å²) < 4.78 is 38.1. The summed E-state index contributed by atoms with van der Waals surface area (Å²) in [6.07, 6.45) is 4.29. The highest BCUT2D eigenvalue weighted by atomic mass is 16.8. The van der Waals surface area contributed by atoms with E-state index in [-0.39, 0.29) is 30.3 Å². The highest BCUT2D eigenvalue weighted by molar-refractivity contribution is 5.87. The minimum absolute atomic E-state index is 0.171. The molecule has 2 saturated heterocycles. The Kier molecular flexibility index (Phi) is 11.2. The van der Waals surface area contributed by atoms with E-state index in [0.29, 0.717) is 31.9 Å². The summed E-state index contributed by atoms with van der Waals surface area (Å²) in [5, 5.41) is 4.32. The van der Waals surface area contributed by atoms with Crippen LogP contribution in [0.1, 0.15) is 64.3 Å². The molecule has 268 valence electrons. The van der Waals surface area contributed by atoms with Crippen molar-refractivity contribution < 1.29 is 33.2 Å². The van der Waals surface area contributed by atoms with Gasteiger partial charge in [-0.05, 0) is 70.8 Å². The van der Waals surface area contributed by atoms with E-state index in [0.717, 1.165) is 53.0 Å². The molecule has 6 rings (SSSR count). The van der Waals surface area contributed by atoms with Crippen LogP contribution >= 0.6 is 0 Å². The van der Waals surface area contributed by atoms with E-state index < -0.39 is 12.0 Å².